The van der Waals surface area contributed by atoms with E-state index in [1.165, 1.54) is 7.11 Å². The Balaban J connectivity index is 2.44. The third kappa shape index (κ3) is 4.97. The normalized spacial score (nSPS) is 11.5. The minimum absolute atomic E-state index is 0.0688. The van der Waals surface area contributed by atoms with Gasteiger partial charge in [-0.1, -0.05) is 0 Å². The van der Waals surface area contributed by atoms with Crippen molar-refractivity contribution in [3.8, 4) is 5.75 Å². The Labute approximate surface area is 111 Å². The summed E-state index contributed by atoms with van der Waals surface area (Å²) in [7, 11) is 2.85. The van der Waals surface area contributed by atoms with Crippen molar-refractivity contribution in [3.63, 3.8) is 0 Å². The summed E-state index contributed by atoms with van der Waals surface area (Å²) in [6.07, 6.45) is 0.0688. The smallest absolute Gasteiger partial charge is 0.307 e. The zero-order chi connectivity index (χ0) is 14.3. The molecule has 1 aromatic carbocycles. The lowest BCUT2D eigenvalue weighted by Crippen LogP contribution is -2.38. The molecule has 0 spiro atoms. The number of hydrogen-bond acceptors (Lipinski definition) is 5. The van der Waals surface area contributed by atoms with Crippen LogP contribution in [0.3, 0.4) is 0 Å². The molecular weight excluding hydrogens is 248 g/mol. The average Bonchev–Trinajstić information content (AvgIpc) is 2.44. The number of amides is 1. The van der Waals surface area contributed by atoms with Crippen LogP contribution in [0.2, 0.25) is 0 Å². The molecule has 1 rings (SSSR count). The summed E-state index contributed by atoms with van der Waals surface area (Å²) in [6, 6.07) is 6.24. The van der Waals surface area contributed by atoms with Crippen LogP contribution in [0, 0.1) is 0 Å². The van der Waals surface area contributed by atoms with Crippen LogP contribution in [0.4, 0.5) is 0 Å². The van der Waals surface area contributed by atoms with Crippen molar-refractivity contribution >= 4 is 11.9 Å². The Hall–Kier alpha value is -2.08. The van der Waals surface area contributed by atoms with Gasteiger partial charge in [-0.25, -0.2) is 0 Å². The van der Waals surface area contributed by atoms with Gasteiger partial charge in [0, 0.05) is 18.2 Å². The van der Waals surface area contributed by atoms with E-state index in [0.717, 1.165) is 0 Å². The van der Waals surface area contributed by atoms with E-state index in [9.17, 15) is 9.59 Å². The minimum atomic E-state index is -0.463. The Morgan fingerprint density at radius 1 is 1.26 bits per heavy atom. The molecule has 0 fully saturated rings. The van der Waals surface area contributed by atoms with Crippen molar-refractivity contribution in [3.05, 3.63) is 29.8 Å². The minimum Gasteiger partial charge on any atom is -0.497 e. The summed E-state index contributed by atoms with van der Waals surface area (Å²) < 4.78 is 9.49. The quantitative estimate of drug-likeness (QED) is 0.723. The molecule has 0 saturated heterocycles. The number of hydrogen-bond donors (Lipinski definition) is 2. The summed E-state index contributed by atoms with van der Waals surface area (Å²) in [5, 5.41) is 2.65. The first-order chi connectivity index (χ1) is 9.06. The summed E-state index contributed by atoms with van der Waals surface area (Å²) in [5.74, 6) is 0.0353. The molecule has 0 aliphatic carbocycles. The maximum Gasteiger partial charge on any atom is 0.307 e. The van der Waals surface area contributed by atoms with E-state index in [2.05, 4.69) is 10.1 Å². The van der Waals surface area contributed by atoms with Gasteiger partial charge in [0.05, 0.1) is 20.6 Å². The highest BCUT2D eigenvalue weighted by molar-refractivity contribution is 5.94. The second-order valence-corrected chi connectivity index (χ2v) is 3.98. The standard InChI is InChI=1S/C13H18N2O4/c1-18-11-5-3-9(4-6-11)13(17)15-8-10(14)7-12(16)19-2/h3-6,10H,7-8,14H2,1-2H3,(H,15,17). The van der Waals surface area contributed by atoms with Crippen molar-refractivity contribution in [2.75, 3.05) is 20.8 Å². The van der Waals surface area contributed by atoms with Gasteiger partial charge in [0.2, 0.25) is 0 Å². The first-order valence-electron chi connectivity index (χ1n) is 5.81. The molecule has 0 saturated carbocycles. The Bertz CT molecular complexity index is 431. The fraction of sp³-hybridized carbons (Fsp3) is 0.385. The summed E-state index contributed by atoms with van der Waals surface area (Å²) >= 11 is 0. The van der Waals surface area contributed by atoms with Gasteiger partial charge in [0.1, 0.15) is 5.75 Å². The van der Waals surface area contributed by atoms with Crippen molar-refractivity contribution in [2.45, 2.75) is 12.5 Å². The number of carbonyl (C=O) groups excluding carboxylic acids is 2. The van der Waals surface area contributed by atoms with Crippen molar-refractivity contribution < 1.29 is 19.1 Å². The van der Waals surface area contributed by atoms with Gasteiger partial charge in [0.15, 0.2) is 0 Å². The lowest BCUT2D eigenvalue weighted by Gasteiger charge is -2.11. The number of nitrogens with one attached hydrogen (secondary N) is 1. The lowest BCUT2D eigenvalue weighted by atomic mass is 10.2. The van der Waals surface area contributed by atoms with E-state index >= 15 is 0 Å². The topological polar surface area (TPSA) is 90.6 Å². The molecule has 0 aliphatic rings. The zero-order valence-corrected chi connectivity index (χ0v) is 11.0. The molecule has 6 heteroatoms. The van der Waals surface area contributed by atoms with Crippen LogP contribution in [0.15, 0.2) is 24.3 Å². The largest absolute Gasteiger partial charge is 0.497 e. The van der Waals surface area contributed by atoms with Crippen LogP contribution < -0.4 is 15.8 Å². The monoisotopic (exact) mass is 266 g/mol. The molecule has 0 radical (unpaired) electrons. The zero-order valence-electron chi connectivity index (χ0n) is 11.0. The highest BCUT2D eigenvalue weighted by Crippen LogP contribution is 2.10. The first-order valence-corrected chi connectivity index (χ1v) is 5.81. The van der Waals surface area contributed by atoms with Crippen LogP contribution in [0.25, 0.3) is 0 Å². The highest BCUT2D eigenvalue weighted by atomic mass is 16.5. The maximum atomic E-state index is 11.8. The summed E-state index contributed by atoms with van der Waals surface area (Å²) in [5.41, 5.74) is 6.19. The van der Waals surface area contributed by atoms with E-state index in [4.69, 9.17) is 10.5 Å². The van der Waals surface area contributed by atoms with Crippen LogP contribution in [-0.2, 0) is 9.53 Å². The van der Waals surface area contributed by atoms with E-state index in [0.29, 0.717) is 11.3 Å². The molecule has 0 bridgehead atoms. The number of nitrogens with two attached hydrogens (primary N) is 1. The third-order valence-corrected chi connectivity index (χ3v) is 2.53. The molecule has 19 heavy (non-hydrogen) atoms. The average molecular weight is 266 g/mol. The Morgan fingerprint density at radius 2 is 1.89 bits per heavy atom. The molecule has 1 amide bonds. The summed E-state index contributed by atoms with van der Waals surface area (Å²) in [4.78, 5) is 22.8. The van der Waals surface area contributed by atoms with Crippen molar-refractivity contribution in [1.82, 2.24) is 5.32 Å². The van der Waals surface area contributed by atoms with E-state index in [1.807, 2.05) is 0 Å². The van der Waals surface area contributed by atoms with Gasteiger partial charge in [-0.15, -0.1) is 0 Å². The number of esters is 1. The highest BCUT2D eigenvalue weighted by Gasteiger charge is 2.12. The molecule has 3 N–H and O–H groups in total. The number of benzene rings is 1. The SMILES string of the molecule is COC(=O)CC(N)CNC(=O)c1ccc(OC)cc1. The molecule has 6 nitrogen and oxygen atoms in total. The van der Waals surface area contributed by atoms with Gasteiger partial charge in [0.25, 0.3) is 5.91 Å². The molecule has 0 heterocycles. The number of rotatable bonds is 6. The first kappa shape index (κ1) is 15.0. The van der Waals surface area contributed by atoms with Gasteiger partial charge in [-0.05, 0) is 24.3 Å². The lowest BCUT2D eigenvalue weighted by molar-refractivity contribution is -0.140. The number of carbonyl (C=O) groups is 2. The van der Waals surface area contributed by atoms with Gasteiger partial charge in [-0.2, -0.15) is 0 Å². The molecule has 0 aliphatic heterocycles. The van der Waals surface area contributed by atoms with E-state index in [1.54, 1.807) is 31.4 Å². The second kappa shape index (κ2) is 7.38. The van der Waals surface area contributed by atoms with Crippen LogP contribution in [0.1, 0.15) is 16.8 Å². The van der Waals surface area contributed by atoms with Crippen LogP contribution in [-0.4, -0.2) is 38.7 Å². The molecule has 0 aromatic heterocycles. The van der Waals surface area contributed by atoms with Crippen LogP contribution >= 0.6 is 0 Å². The molecule has 104 valence electrons. The molecule has 1 atom stereocenters. The van der Waals surface area contributed by atoms with Crippen molar-refractivity contribution in [1.29, 1.82) is 0 Å². The second-order valence-electron chi connectivity index (χ2n) is 3.98. The van der Waals surface area contributed by atoms with Crippen LogP contribution in [0.5, 0.6) is 5.75 Å². The maximum absolute atomic E-state index is 11.8. The Kier molecular flexibility index (Phi) is 5.81. The fourth-order valence-corrected chi connectivity index (χ4v) is 1.44. The predicted octanol–water partition coefficient (Wildman–Crippen LogP) is 0.315. The Morgan fingerprint density at radius 3 is 2.42 bits per heavy atom. The molecular formula is C13H18N2O4. The van der Waals surface area contributed by atoms with E-state index < -0.39 is 12.0 Å². The van der Waals surface area contributed by atoms with Gasteiger partial charge >= 0.3 is 5.97 Å². The fourth-order valence-electron chi connectivity index (χ4n) is 1.44. The molecule has 1 aromatic rings. The van der Waals surface area contributed by atoms with Gasteiger partial charge in [-0.3, -0.25) is 9.59 Å². The predicted molar refractivity (Wildman–Crippen MR) is 69.9 cm³/mol. The third-order valence-electron chi connectivity index (χ3n) is 2.53. The van der Waals surface area contributed by atoms with E-state index in [-0.39, 0.29) is 18.9 Å². The number of methoxy groups -OCH3 is 2. The summed E-state index contributed by atoms with van der Waals surface area (Å²) in [6.45, 7) is 0.208. The van der Waals surface area contributed by atoms with Crippen molar-refractivity contribution in [2.24, 2.45) is 5.73 Å². The number of ether oxygens (including phenoxy) is 2. The molecule has 1 unspecified atom stereocenters. The van der Waals surface area contributed by atoms with Gasteiger partial charge < -0.3 is 20.5 Å².